The molecule has 0 aromatic heterocycles. The van der Waals surface area contributed by atoms with Crippen LogP contribution in [0.2, 0.25) is 0 Å². The molecule has 0 aliphatic rings. The third-order valence-electron chi connectivity index (χ3n) is 0. The van der Waals surface area contributed by atoms with Crippen molar-refractivity contribution >= 4 is 33.3 Å². The fraction of sp³-hybridized carbons (Fsp3) is 1.00. The minimum atomic E-state index is -3.67. The number of hydrogen-bond acceptors (Lipinski definition) is 0. The Morgan fingerprint density at radius 3 is 1.14 bits per heavy atom. The Morgan fingerprint density at radius 1 is 1.14 bits per heavy atom. The molecule has 0 aromatic carbocycles. The number of rotatable bonds is 0. The summed E-state index contributed by atoms with van der Waals surface area (Å²) in [5, 5.41) is 0. The van der Waals surface area contributed by atoms with E-state index in [1.807, 2.05) is 0 Å². The van der Waals surface area contributed by atoms with E-state index in [2.05, 4.69) is 0 Å². The molecule has 0 amide bonds. The van der Waals surface area contributed by atoms with Crippen LogP contribution in [0.3, 0.4) is 0 Å². The molecule has 0 saturated carbocycles. The van der Waals surface area contributed by atoms with Gasteiger partial charge in [0.15, 0.2) is 0 Å². The van der Waals surface area contributed by atoms with E-state index < -0.39 is 6.68 Å². The summed E-state index contributed by atoms with van der Waals surface area (Å²) in [6.07, 6.45) is 0. The van der Waals surface area contributed by atoms with Crippen LogP contribution < -0.4 is 0 Å². The van der Waals surface area contributed by atoms with Gasteiger partial charge in [0.05, 0.1) is 0 Å². The first-order valence-electron chi connectivity index (χ1n) is 0.963. The number of halogens is 5. The topological polar surface area (TPSA) is 0 Å². The molecule has 6 heteroatoms. The van der Waals surface area contributed by atoms with E-state index in [0.29, 0.717) is 0 Å². The van der Waals surface area contributed by atoms with Gasteiger partial charge >= 0.3 is 40.0 Å². The molecule has 0 radical (unpaired) electrons. The minimum Gasteiger partial charge on any atom is -0.174 e. The van der Waals surface area contributed by atoms with Crippen molar-refractivity contribution in [3.63, 3.8) is 0 Å². The summed E-state index contributed by atoms with van der Waals surface area (Å²) in [4.78, 5) is 0. The Balaban J connectivity index is 0. The fourth-order valence-electron chi connectivity index (χ4n) is 0. The molecule has 0 N–H and O–H groups in total. The quantitative estimate of drug-likeness (QED) is 0.548. The van der Waals surface area contributed by atoms with Crippen molar-refractivity contribution in [2.45, 2.75) is 6.68 Å². The molecular weight excluding hydrogens is 219 g/mol. The fourth-order valence-corrected chi connectivity index (χ4v) is 0. The minimum absolute atomic E-state index is 0.181. The maximum Gasteiger partial charge on any atom is 0.379 e. The summed E-state index contributed by atoms with van der Waals surface area (Å²) in [5.74, 6) is 0. The number of alkyl halides is 3. The van der Waals surface area contributed by atoms with Gasteiger partial charge in [0.25, 0.3) is 0 Å². The van der Waals surface area contributed by atoms with Gasteiger partial charge in [-0.05, 0) is 0 Å². The van der Waals surface area contributed by atoms with E-state index >= 15 is 0 Å². The van der Waals surface area contributed by atoms with Crippen LogP contribution in [0.4, 0.5) is 13.2 Å². The first-order valence-corrected chi connectivity index (χ1v) is 5.47. The Kier molecular flexibility index (Phi) is 15.4. The number of hydrogen-bond donors (Lipinski definition) is 0. The SMILES string of the molecule is Cl[Se]Cl.FC(F)F. The third kappa shape index (κ3) is 208. The Hall–Kier alpha value is 0.889. The van der Waals surface area contributed by atoms with Crippen molar-refractivity contribution in [2.75, 3.05) is 0 Å². The molecule has 0 rings (SSSR count). The van der Waals surface area contributed by atoms with Crippen molar-refractivity contribution in [1.82, 2.24) is 0 Å². The zero-order valence-corrected chi connectivity index (χ0v) is 6.10. The van der Waals surface area contributed by atoms with E-state index in [1.165, 1.54) is 0 Å². The summed E-state index contributed by atoms with van der Waals surface area (Å²) in [5.41, 5.74) is 0. The molecule has 0 atom stereocenters. The second-order valence-electron chi connectivity index (χ2n) is 0.306. The van der Waals surface area contributed by atoms with Crippen LogP contribution in [0, 0.1) is 0 Å². The Bertz CT molecular complexity index is 24.1. The molecule has 0 aliphatic carbocycles. The van der Waals surface area contributed by atoms with Gasteiger partial charge < -0.3 is 0 Å². The van der Waals surface area contributed by atoms with Crippen molar-refractivity contribution < 1.29 is 13.2 Å². The summed E-state index contributed by atoms with van der Waals surface area (Å²) in [6, 6.07) is 0. The molecule has 0 spiro atoms. The van der Waals surface area contributed by atoms with Crippen LogP contribution in [-0.2, 0) is 0 Å². The van der Waals surface area contributed by atoms with E-state index in [4.69, 9.17) is 20.2 Å². The monoisotopic (exact) mass is 220 g/mol. The van der Waals surface area contributed by atoms with Crippen molar-refractivity contribution in [2.24, 2.45) is 0 Å². The predicted octanol–water partition coefficient (Wildman–Crippen LogP) is 2.18. The maximum absolute atomic E-state index is 9.67. The van der Waals surface area contributed by atoms with Crippen LogP contribution >= 0.6 is 20.2 Å². The van der Waals surface area contributed by atoms with Crippen LogP contribution in [-0.4, -0.2) is 19.8 Å². The zero-order valence-electron chi connectivity index (χ0n) is 2.88. The van der Waals surface area contributed by atoms with Gasteiger partial charge in [0.1, 0.15) is 0 Å². The summed E-state index contributed by atoms with van der Waals surface area (Å²) in [7, 11) is 9.65. The van der Waals surface area contributed by atoms with Crippen molar-refractivity contribution in [3.8, 4) is 0 Å². The average molecular weight is 220 g/mol. The standard InChI is InChI=1S/CHF3.Cl2Se/c2-1(3)4;1-3-2/h1H;. The predicted molar refractivity (Wildman–Crippen MR) is 24.6 cm³/mol. The zero-order chi connectivity index (χ0) is 6.28. The van der Waals surface area contributed by atoms with E-state index in [9.17, 15) is 13.2 Å². The molecule has 0 fully saturated rings. The second kappa shape index (κ2) is 10.00. The van der Waals surface area contributed by atoms with Gasteiger partial charge in [-0.2, -0.15) is 13.2 Å². The molecule has 0 saturated heterocycles. The van der Waals surface area contributed by atoms with E-state index in [-0.39, 0.29) is 13.1 Å². The molecule has 0 aliphatic heterocycles. The third-order valence-corrected chi connectivity index (χ3v) is 0. The van der Waals surface area contributed by atoms with Gasteiger partial charge in [-0.25, -0.2) is 0 Å². The van der Waals surface area contributed by atoms with E-state index in [0.717, 1.165) is 0 Å². The first kappa shape index (κ1) is 10.8. The molecule has 0 aromatic rings. The molecule has 7 heavy (non-hydrogen) atoms. The van der Waals surface area contributed by atoms with Crippen LogP contribution in [0.15, 0.2) is 0 Å². The largest absolute Gasteiger partial charge is 0.379 e. The van der Waals surface area contributed by atoms with Gasteiger partial charge in [0.2, 0.25) is 0 Å². The van der Waals surface area contributed by atoms with Crippen molar-refractivity contribution in [3.05, 3.63) is 0 Å². The van der Waals surface area contributed by atoms with Crippen LogP contribution in [0.25, 0.3) is 0 Å². The first-order chi connectivity index (χ1) is 3.15. The van der Waals surface area contributed by atoms with Gasteiger partial charge in [-0.3, -0.25) is 0 Å². The van der Waals surface area contributed by atoms with Crippen molar-refractivity contribution in [1.29, 1.82) is 0 Å². The molecule has 0 heterocycles. The van der Waals surface area contributed by atoms with Crippen LogP contribution in [0.5, 0.6) is 0 Å². The summed E-state index contributed by atoms with van der Waals surface area (Å²) in [6.45, 7) is -3.67. The normalized spacial score (nSPS) is 7.71. The summed E-state index contributed by atoms with van der Waals surface area (Å²) >= 11 is -0.181. The molecule has 0 nitrogen and oxygen atoms in total. The Morgan fingerprint density at radius 2 is 1.14 bits per heavy atom. The second-order valence-corrected chi connectivity index (χ2v) is 2.97. The van der Waals surface area contributed by atoms with Gasteiger partial charge in [0, 0.05) is 0 Å². The maximum atomic E-state index is 9.67. The van der Waals surface area contributed by atoms with Crippen LogP contribution in [0.1, 0.15) is 0 Å². The molecule has 46 valence electrons. The van der Waals surface area contributed by atoms with E-state index in [1.54, 1.807) is 0 Å². The average Bonchev–Trinajstić information content (AvgIpc) is 1.33. The van der Waals surface area contributed by atoms with Gasteiger partial charge in [-0.15, -0.1) is 0 Å². The molecule has 0 unspecified atom stereocenters. The Labute approximate surface area is 53.6 Å². The van der Waals surface area contributed by atoms with Gasteiger partial charge in [-0.1, -0.05) is 0 Å². The molecular formula is CHCl2F3Se. The molecule has 0 bridgehead atoms. The smallest absolute Gasteiger partial charge is 0.174 e. The summed E-state index contributed by atoms with van der Waals surface area (Å²) < 4.78 is 29.0.